The first-order valence-electron chi connectivity index (χ1n) is 6.88. The number of hydrogen-bond donors (Lipinski definition) is 2. The molecule has 0 bridgehead atoms. The van der Waals surface area contributed by atoms with Gasteiger partial charge in [-0.05, 0) is 42.7 Å². The predicted molar refractivity (Wildman–Crippen MR) is 85.5 cm³/mol. The number of benzene rings is 1. The van der Waals surface area contributed by atoms with Gasteiger partial charge in [-0.2, -0.15) is 0 Å². The van der Waals surface area contributed by atoms with Gasteiger partial charge in [0.1, 0.15) is 4.88 Å². The van der Waals surface area contributed by atoms with Gasteiger partial charge in [0.05, 0.1) is 12.0 Å². The van der Waals surface area contributed by atoms with Crippen LogP contribution in [0.1, 0.15) is 33.0 Å². The highest BCUT2D eigenvalue weighted by atomic mass is 35.5. The molecule has 0 saturated heterocycles. The summed E-state index contributed by atoms with van der Waals surface area (Å²) in [7, 11) is 0. The number of aromatic carboxylic acids is 1. The Morgan fingerprint density at radius 3 is 2.41 bits per heavy atom. The van der Waals surface area contributed by atoms with Crippen LogP contribution in [0.2, 0.25) is 5.02 Å². The zero-order valence-corrected chi connectivity index (χ0v) is 13.2. The summed E-state index contributed by atoms with van der Waals surface area (Å²) >= 11 is 7.06. The van der Waals surface area contributed by atoms with E-state index in [0.717, 1.165) is 23.3 Å². The van der Waals surface area contributed by atoms with E-state index >= 15 is 0 Å². The fourth-order valence-electron chi connectivity index (χ4n) is 2.47. The number of carboxylic acids is 1. The molecular formula is C16H14ClNO3S. The van der Waals surface area contributed by atoms with E-state index in [1.165, 1.54) is 11.3 Å². The van der Waals surface area contributed by atoms with Crippen molar-refractivity contribution in [2.24, 2.45) is 0 Å². The van der Waals surface area contributed by atoms with Crippen LogP contribution in [0.25, 0.3) is 0 Å². The third kappa shape index (κ3) is 2.87. The molecule has 0 unspecified atom stereocenters. The van der Waals surface area contributed by atoms with Crippen molar-refractivity contribution in [2.75, 3.05) is 0 Å². The maximum atomic E-state index is 12.5. The molecule has 1 aromatic carbocycles. The third-order valence-corrected chi connectivity index (χ3v) is 5.20. The number of thiophene rings is 1. The van der Waals surface area contributed by atoms with Crippen LogP contribution < -0.4 is 5.32 Å². The number of carboxylic acid groups (broad SMARTS) is 1. The zero-order chi connectivity index (χ0) is 15.7. The van der Waals surface area contributed by atoms with Gasteiger partial charge in [-0.1, -0.05) is 23.7 Å². The first-order chi connectivity index (χ1) is 10.5. The molecule has 114 valence electrons. The molecule has 6 heteroatoms. The van der Waals surface area contributed by atoms with Gasteiger partial charge in [-0.15, -0.1) is 11.3 Å². The first kappa shape index (κ1) is 15.1. The molecule has 1 aliphatic rings. The summed E-state index contributed by atoms with van der Waals surface area (Å²) < 4.78 is 0. The second-order valence-corrected chi connectivity index (χ2v) is 6.95. The molecule has 0 radical (unpaired) electrons. The largest absolute Gasteiger partial charge is 0.477 e. The fraction of sp³-hybridized carbons (Fsp3) is 0.250. The van der Waals surface area contributed by atoms with Crippen molar-refractivity contribution in [1.82, 2.24) is 5.32 Å². The highest BCUT2D eigenvalue weighted by Gasteiger charge is 2.51. The van der Waals surface area contributed by atoms with Crippen LogP contribution in [-0.4, -0.2) is 17.0 Å². The summed E-state index contributed by atoms with van der Waals surface area (Å²) in [6.45, 7) is 0.353. The van der Waals surface area contributed by atoms with Crippen molar-refractivity contribution in [1.29, 1.82) is 0 Å². The molecule has 1 aromatic heterocycles. The van der Waals surface area contributed by atoms with Crippen molar-refractivity contribution >= 4 is 34.8 Å². The lowest BCUT2D eigenvalue weighted by atomic mass is 9.95. The summed E-state index contributed by atoms with van der Waals surface area (Å²) in [6.07, 6.45) is 1.65. The summed E-state index contributed by atoms with van der Waals surface area (Å²) in [4.78, 5) is 24.4. The maximum Gasteiger partial charge on any atom is 0.345 e. The van der Waals surface area contributed by atoms with E-state index in [1.807, 2.05) is 12.1 Å². The lowest BCUT2D eigenvalue weighted by molar-refractivity contribution is -0.123. The molecule has 2 aromatic rings. The minimum Gasteiger partial charge on any atom is -0.477 e. The SMILES string of the molecule is O=C(O)c1ccc(CNC(=O)C2(c3ccc(Cl)cc3)CC2)s1. The molecule has 1 aliphatic carbocycles. The maximum absolute atomic E-state index is 12.5. The Labute approximate surface area is 136 Å². The van der Waals surface area contributed by atoms with Gasteiger partial charge in [0.2, 0.25) is 5.91 Å². The molecule has 1 heterocycles. The monoisotopic (exact) mass is 335 g/mol. The Morgan fingerprint density at radius 1 is 1.18 bits per heavy atom. The Balaban J connectivity index is 1.66. The Hall–Kier alpha value is -1.85. The minimum atomic E-state index is -0.942. The Kier molecular flexibility index (Phi) is 3.93. The fourth-order valence-corrected chi connectivity index (χ4v) is 3.38. The molecule has 1 fully saturated rings. The predicted octanol–water partition coefficient (Wildman–Crippen LogP) is 3.45. The average molecular weight is 336 g/mol. The van der Waals surface area contributed by atoms with Crippen LogP contribution in [0.15, 0.2) is 36.4 Å². The number of carbonyl (C=O) groups is 2. The molecule has 0 atom stereocenters. The van der Waals surface area contributed by atoms with Crippen LogP contribution in [-0.2, 0) is 16.8 Å². The van der Waals surface area contributed by atoms with E-state index in [4.69, 9.17) is 16.7 Å². The van der Waals surface area contributed by atoms with E-state index in [2.05, 4.69) is 5.32 Å². The molecule has 1 saturated carbocycles. The van der Waals surface area contributed by atoms with E-state index < -0.39 is 11.4 Å². The third-order valence-electron chi connectivity index (χ3n) is 3.88. The number of carbonyl (C=O) groups excluding carboxylic acids is 1. The first-order valence-corrected chi connectivity index (χ1v) is 8.07. The second-order valence-electron chi connectivity index (χ2n) is 5.34. The number of amides is 1. The number of hydrogen-bond acceptors (Lipinski definition) is 3. The van der Waals surface area contributed by atoms with Crippen LogP contribution in [0, 0.1) is 0 Å². The standard InChI is InChI=1S/C16H14ClNO3S/c17-11-3-1-10(2-4-11)16(7-8-16)15(21)18-9-12-5-6-13(22-12)14(19)20/h1-6H,7-9H2,(H,18,21)(H,19,20). The molecular weight excluding hydrogens is 322 g/mol. The van der Waals surface area contributed by atoms with Crippen molar-refractivity contribution in [3.05, 3.63) is 56.7 Å². The average Bonchev–Trinajstić information content (AvgIpc) is 3.17. The van der Waals surface area contributed by atoms with Gasteiger partial charge in [0.25, 0.3) is 0 Å². The molecule has 0 aliphatic heterocycles. The zero-order valence-electron chi connectivity index (χ0n) is 11.6. The minimum absolute atomic E-state index is 0.0138. The quantitative estimate of drug-likeness (QED) is 0.879. The normalized spacial score (nSPS) is 15.3. The van der Waals surface area contributed by atoms with Gasteiger partial charge < -0.3 is 10.4 Å². The highest BCUT2D eigenvalue weighted by molar-refractivity contribution is 7.13. The van der Waals surface area contributed by atoms with Gasteiger partial charge in [0.15, 0.2) is 0 Å². The van der Waals surface area contributed by atoms with Crippen molar-refractivity contribution in [3.8, 4) is 0 Å². The smallest absolute Gasteiger partial charge is 0.345 e. The second kappa shape index (κ2) is 5.74. The molecule has 2 N–H and O–H groups in total. The molecule has 0 spiro atoms. The van der Waals surface area contributed by atoms with Gasteiger partial charge in [-0.3, -0.25) is 4.79 Å². The molecule has 3 rings (SSSR count). The van der Waals surface area contributed by atoms with Gasteiger partial charge in [0, 0.05) is 9.90 Å². The summed E-state index contributed by atoms with van der Waals surface area (Å²) in [5, 5.41) is 12.5. The molecule has 1 amide bonds. The molecule has 22 heavy (non-hydrogen) atoms. The van der Waals surface area contributed by atoms with E-state index in [-0.39, 0.29) is 10.8 Å². The van der Waals surface area contributed by atoms with E-state index in [0.29, 0.717) is 11.6 Å². The number of rotatable bonds is 5. The number of nitrogens with one attached hydrogen (secondary N) is 1. The Bertz CT molecular complexity index is 719. The topological polar surface area (TPSA) is 66.4 Å². The molecule has 4 nitrogen and oxygen atoms in total. The van der Waals surface area contributed by atoms with Gasteiger partial charge >= 0.3 is 5.97 Å². The Morgan fingerprint density at radius 2 is 1.86 bits per heavy atom. The summed E-state index contributed by atoms with van der Waals surface area (Å²) in [5.41, 5.74) is 0.532. The van der Waals surface area contributed by atoms with Crippen molar-refractivity contribution < 1.29 is 14.7 Å². The van der Waals surface area contributed by atoms with Crippen molar-refractivity contribution in [2.45, 2.75) is 24.8 Å². The lowest BCUT2D eigenvalue weighted by Gasteiger charge is -2.15. The van der Waals surface area contributed by atoms with E-state index in [9.17, 15) is 9.59 Å². The van der Waals surface area contributed by atoms with Crippen LogP contribution >= 0.6 is 22.9 Å². The number of halogens is 1. The van der Waals surface area contributed by atoms with E-state index in [1.54, 1.807) is 24.3 Å². The summed E-state index contributed by atoms with van der Waals surface area (Å²) in [6, 6.07) is 10.7. The van der Waals surface area contributed by atoms with Crippen LogP contribution in [0.4, 0.5) is 0 Å². The summed E-state index contributed by atoms with van der Waals surface area (Å²) in [5.74, 6) is -0.956. The lowest BCUT2D eigenvalue weighted by Crippen LogP contribution is -2.34. The van der Waals surface area contributed by atoms with Crippen LogP contribution in [0.3, 0.4) is 0 Å². The van der Waals surface area contributed by atoms with Crippen LogP contribution in [0.5, 0.6) is 0 Å². The van der Waals surface area contributed by atoms with Gasteiger partial charge in [-0.25, -0.2) is 4.79 Å². The van der Waals surface area contributed by atoms with Crippen molar-refractivity contribution in [3.63, 3.8) is 0 Å². The highest BCUT2D eigenvalue weighted by Crippen LogP contribution is 2.48.